The molecule has 1 N–H and O–H groups in total. The molecule has 4 rings (SSSR count). The molecule has 7 heteroatoms. The predicted octanol–water partition coefficient (Wildman–Crippen LogP) is 4.00. The van der Waals surface area contributed by atoms with E-state index in [0.29, 0.717) is 5.56 Å². The summed E-state index contributed by atoms with van der Waals surface area (Å²) in [5, 5.41) is 11.6. The van der Waals surface area contributed by atoms with E-state index in [4.69, 9.17) is 4.74 Å². The van der Waals surface area contributed by atoms with Crippen LogP contribution in [0.25, 0.3) is 11.3 Å². The molecule has 1 aromatic heterocycles. The summed E-state index contributed by atoms with van der Waals surface area (Å²) in [4.78, 5) is 14.5. The first-order valence-corrected chi connectivity index (χ1v) is 9.82. The number of carbonyl (C=O) groups excluding carboxylic acids is 1. The summed E-state index contributed by atoms with van der Waals surface area (Å²) in [6.07, 6.45) is 0. The zero-order valence-corrected chi connectivity index (χ0v) is 16.7. The van der Waals surface area contributed by atoms with E-state index in [1.165, 1.54) is 0 Å². The Kier molecular flexibility index (Phi) is 5.64. The molecule has 1 aliphatic rings. The Balaban J connectivity index is 1.42. The first kappa shape index (κ1) is 18.6. The van der Waals surface area contributed by atoms with Gasteiger partial charge >= 0.3 is 0 Å². The third-order valence-electron chi connectivity index (χ3n) is 4.53. The zero-order valence-electron chi connectivity index (χ0n) is 15.1. The monoisotopic (exact) mass is 438 g/mol. The van der Waals surface area contributed by atoms with Crippen LogP contribution < -0.4 is 10.2 Å². The number of nitrogens with zero attached hydrogens (tertiary/aromatic N) is 3. The number of nitrogens with one attached hydrogen (secondary N) is 1. The fourth-order valence-corrected chi connectivity index (χ4v) is 3.23. The number of morpholine rings is 1. The largest absolute Gasteiger partial charge is 0.378 e. The highest BCUT2D eigenvalue weighted by atomic mass is 79.9. The standard InChI is InChI=1S/C21H19BrN4O2/c22-17-5-1-16(2-6-17)21(27)23-18-7-3-15(4-8-18)19-9-10-20(25-24-19)26-11-13-28-14-12-26/h1-10H,11-14H2,(H,23,27). The van der Waals surface area contributed by atoms with Crippen LogP contribution in [0.4, 0.5) is 11.5 Å². The molecule has 0 radical (unpaired) electrons. The molecule has 2 aromatic carbocycles. The minimum absolute atomic E-state index is 0.144. The zero-order chi connectivity index (χ0) is 19.3. The van der Waals surface area contributed by atoms with Crippen LogP contribution in [-0.2, 0) is 4.74 Å². The summed E-state index contributed by atoms with van der Waals surface area (Å²) in [5.74, 6) is 0.723. The first-order chi connectivity index (χ1) is 13.7. The SMILES string of the molecule is O=C(Nc1ccc(-c2ccc(N3CCOCC3)nn2)cc1)c1ccc(Br)cc1. The van der Waals surface area contributed by atoms with Crippen LogP contribution in [0.3, 0.4) is 0 Å². The van der Waals surface area contributed by atoms with Crippen LogP contribution in [0.5, 0.6) is 0 Å². The molecule has 1 aliphatic heterocycles. The van der Waals surface area contributed by atoms with E-state index in [-0.39, 0.29) is 5.91 Å². The lowest BCUT2D eigenvalue weighted by molar-refractivity contribution is 0.102. The number of halogens is 1. The van der Waals surface area contributed by atoms with E-state index in [0.717, 1.165) is 53.5 Å². The molecule has 28 heavy (non-hydrogen) atoms. The Morgan fingerprint density at radius 1 is 0.929 bits per heavy atom. The summed E-state index contributed by atoms with van der Waals surface area (Å²) in [6, 6.07) is 18.8. The number of benzene rings is 2. The van der Waals surface area contributed by atoms with Crippen LogP contribution in [0.1, 0.15) is 10.4 Å². The van der Waals surface area contributed by atoms with Crippen LogP contribution in [0, 0.1) is 0 Å². The van der Waals surface area contributed by atoms with Gasteiger partial charge in [0.15, 0.2) is 5.82 Å². The molecule has 2 heterocycles. The third kappa shape index (κ3) is 4.37. The molecule has 1 fully saturated rings. The number of hydrogen-bond donors (Lipinski definition) is 1. The van der Waals surface area contributed by atoms with Crippen molar-refractivity contribution in [1.29, 1.82) is 0 Å². The first-order valence-electron chi connectivity index (χ1n) is 9.03. The molecule has 0 spiro atoms. The van der Waals surface area contributed by atoms with Gasteiger partial charge < -0.3 is 15.0 Å². The Hall–Kier alpha value is -2.77. The van der Waals surface area contributed by atoms with Gasteiger partial charge in [-0.25, -0.2) is 0 Å². The molecular formula is C21H19BrN4O2. The second-order valence-electron chi connectivity index (χ2n) is 6.41. The Labute approximate surface area is 171 Å². The smallest absolute Gasteiger partial charge is 0.255 e. The fraction of sp³-hybridized carbons (Fsp3) is 0.190. The lowest BCUT2D eigenvalue weighted by Crippen LogP contribution is -2.36. The van der Waals surface area contributed by atoms with Gasteiger partial charge in [-0.2, -0.15) is 0 Å². The predicted molar refractivity (Wildman–Crippen MR) is 113 cm³/mol. The van der Waals surface area contributed by atoms with E-state index in [1.54, 1.807) is 12.1 Å². The Morgan fingerprint density at radius 3 is 2.29 bits per heavy atom. The van der Waals surface area contributed by atoms with Gasteiger partial charge in [0.25, 0.3) is 5.91 Å². The summed E-state index contributed by atoms with van der Waals surface area (Å²) < 4.78 is 6.30. The van der Waals surface area contributed by atoms with Gasteiger partial charge in [-0.1, -0.05) is 28.1 Å². The van der Waals surface area contributed by atoms with Crippen molar-refractivity contribution in [3.8, 4) is 11.3 Å². The van der Waals surface area contributed by atoms with Crippen LogP contribution in [-0.4, -0.2) is 42.4 Å². The molecule has 3 aromatic rings. The molecule has 0 unspecified atom stereocenters. The van der Waals surface area contributed by atoms with Gasteiger partial charge in [-0.3, -0.25) is 4.79 Å². The van der Waals surface area contributed by atoms with Crippen molar-refractivity contribution in [2.75, 3.05) is 36.5 Å². The van der Waals surface area contributed by atoms with Crippen molar-refractivity contribution in [2.45, 2.75) is 0 Å². The summed E-state index contributed by atoms with van der Waals surface area (Å²) in [5.41, 5.74) is 3.08. The second kappa shape index (κ2) is 8.50. The van der Waals surface area contributed by atoms with Crippen LogP contribution in [0.2, 0.25) is 0 Å². The summed E-state index contributed by atoms with van der Waals surface area (Å²) >= 11 is 3.37. The highest BCUT2D eigenvalue weighted by molar-refractivity contribution is 9.10. The van der Waals surface area contributed by atoms with Gasteiger partial charge in [-0.15, -0.1) is 10.2 Å². The average Bonchev–Trinajstić information content (AvgIpc) is 2.75. The highest BCUT2D eigenvalue weighted by Crippen LogP contribution is 2.21. The summed E-state index contributed by atoms with van der Waals surface area (Å²) in [7, 11) is 0. The van der Waals surface area contributed by atoms with Crippen molar-refractivity contribution in [1.82, 2.24) is 10.2 Å². The average molecular weight is 439 g/mol. The van der Waals surface area contributed by atoms with Crippen molar-refractivity contribution in [3.05, 3.63) is 70.7 Å². The van der Waals surface area contributed by atoms with Gasteiger partial charge in [-0.05, 0) is 48.5 Å². The molecule has 142 valence electrons. The van der Waals surface area contributed by atoms with Crippen LogP contribution >= 0.6 is 15.9 Å². The maximum absolute atomic E-state index is 12.3. The molecule has 1 saturated heterocycles. The molecule has 0 atom stereocenters. The minimum atomic E-state index is -0.144. The number of anilines is 2. The minimum Gasteiger partial charge on any atom is -0.378 e. The van der Waals surface area contributed by atoms with Gasteiger partial charge in [0, 0.05) is 34.4 Å². The van der Waals surface area contributed by atoms with E-state index >= 15 is 0 Å². The number of amides is 1. The molecule has 0 aliphatic carbocycles. The van der Waals surface area contributed by atoms with E-state index < -0.39 is 0 Å². The second-order valence-corrected chi connectivity index (χ2v) is 7.33. The molecule has 0 bridgehead atoms. The fourth-order valence-electron chi connectivity index (χ4n) is 2.97. The molecular weight excluding hydrogens is 420 g/mol. The summed E-state index contributed by atoms with van der Waals surface area (Å²) in [6.45, 7) is 3.11. The Bertz CT molecular complexity index is 938. The van der Waals surface area contributed by atoms with Gasteiger partial charge in [0.05, 0.1) is 18.9 Å². The number of aromatic nitrogens is 2. The number of carbonyl (C=O) groups is 1. The van der Waals surface area contributed by atoms with E-state index in [9.17, 15) is 4.79 Å². The maximum Gasteiger partial charge on any atom is 0.255 e. The number of ether oxygens (including phenoxy) is 1. The Morgan fingerprint density at radius 2 is 1.64 bits per heavy atom. The van der Waals surface area contributed by atoms with Crippen molar-refractivity contribution in [3.63, 3.8) is 0 Å². The molecule has 1 amide bonds. The topological polar surface area (TPSA) is 67.4 Å². The third-order valence-corrected chi connectivity index (χ3v) is 5.06. The highest BCUT2D eigenvalue weighted by Gasteiger charge is 2.13. The molecule has 6 nitrogen and oxygen atoms in total. The number of hydrogen-bond acceptors (Lipinski definition) is 5. The maximum atomic E-state index is 12.3. The van der Waals surface area contributed by atoms with Gasteiger partial charge in [0.1, 0.15) is 0 Å². The molecule has 0 saturated carbocycles. The van der Waals surface area contributed by atoms with Gasteiger partial charge in [0.2, 0.25) is 0 Å². The lowest BCUT2D eigenvalue weighted by atomic mass is 10.1. The van der Waals surface area contributed by atoms with Crippen molar-refractivity contribution >= 4 is 33.3 Å². The van der Waals surface area contributed by atoms with Crippen LogP contribution in [0.15, 0.2) is 65.1 Å². The quantitative estimate of drug-likeness (QED) is 0.666. The number of rotatable bonds is 4. The van der Waals surface area contributed by atoms with E-state index in [2.05, 4.69) is 36.3 Å². The van der Waals surface area contributed by atoms with Crippen molar-refractivity contribution < 1.29 is 9.53 Å². The lowest BCUT2D eigenvalue weighted by Gasteiger charge is -2.27. The van der Waals surface area contributed by atoms with E-state index in [1.807, 2.05) is 48.5 Å². The normalized spacial score (nSPS) is 14.0. The van der Waals surface area contributed by atoms with Crippen molar-refractivity contribution in [2.24, 2.45) is 0 Å².